The lowest BCUT2D eigenvalue weighted by atomic mass is 10.2. The topological polar surface area (TPSA) is 46.2 Å². The molecule has 0 aliphatic rings. The van der Waals surface area contributed by atoms with E-state index < -0.39 is 0 Å². The van der Waals surface area contributed by atoms with Crippen LogP contribution in [0.5, 0.6) is 0 Å². The zero-order valence-corrected chi connectivity index (χ0v) is 11.5. The zero-order chi connectivity index (χ0) is 13.7. The summed E-state index contributed by atoms with van der Waals surface area (Å²) in [5, 5.41) is 2.61. The predicted molar refractivity (Wildman–Crippen MR) is 73.5 cm³/mol. The minimum absolute atomic E-state index is 0.0606. The number of nitrogens with one attached hydrogen (secondary N) is 1. The summed E-state index contributed by atoms with van der Waals surface area (Å²) in [6, 6.07) is 9.06. The monoisotopic (exact) mass is 257 g/mol. The third kappa shape index (κ3) is 10.9. The molecule has 0 saturated carbocycles. The summed E-state index contributed by atoms with van der Waals surface area (Å²) < 4.78 is 0. The van der Waals surface area contributed by atoms with Gasteiger partial charge in [-0.2, -0.15) is 0 Å². The van der Waals surface area contributed by atoms with Crippen LogP contribution in [-0.2, 0) is 9.59 Å². The summed E-state index contributed by atoms with van der Waals surface area (Å²) in [6.45, 7) is 5.39. The van der Waals surface area contributed by atoms with Gasteiger partial charge >= 0.3 is 0 Å². The molecule has 1 aromatic rings. The number of hydrogen-bond donors (Lipinski definition) is 1. The van der Waals surface area contributed by atoms with Crippen LogP contribution in [0.25, 0.3) is 0 Å². The second-order valence-corrected chi connectivity index (χ2v) is 2.79. The highest BCUT2D eigenvalue weighted by Gasteiger charge is 2.04. The smallest absolute Gasteiger partial charge is 0.231 e. The molecule has 0 aliphatic carbocycles. The van der Waals surface area contributed by atoms with Gasteiger partial charge in [0.2, 0.25) is 5.91 Å². The molecular weight excluding hydrogens is 238 g/mol. The number of carbonyl (C=O) groups is 2. The Labute approximate surface area is 108 Å². The van der Waals surface area contributed by atoms with E-state index in [1.165, 1.54) is 13.3 Å². The van der Waals surface area contributed by atoms with E-state index in [1.54, 1.807) is 12.1 Å². The summed E-state index contributed by atoms with van der Waals surface area (Å²) >= 11 is 4.64. The first-order valence-electron chi connectivity index (χ1n) is 5.40. The standard InChI is InChI=1S/C10H11NO2.C2H6.CH3Cl/c1-8(12)7-10(13)11-9-5-3-2-4-6-9;2*1-2/h2-6H,7H2,1H3,(H,11,13);1-2H3;1H3. The van der Waals surface area contributed by atoms with Gasteiger partial charge in [0, 0.05) is 12.1 Å². The fourth-order valence-corrected chi connectivity index (χ4v) is 0.953. The largest absolute Gasteiger partial charge is 0.326 e. The Morgan fingerprint density at radius 2 is 1.59 bits per heavy atom. The van der Waals surface area contributed by atoms with Crippen molar-refractivity contribution in [3.63, 3.8) is 0 Å². The highest BCUT2D eigenvalue weighted by Crippen LogP contribution is 2.05. The van der Waals surface area contributed by atoms with Crippen LogP contribution in [-0.4, -0.2) is 18.1 Å². The summed E-state index contributed by atoms with van der Waals surface area (Å²) in [7, 11) is 0. The van der Waals surface area contributed by atoms with Gasteiger partial charge in [0.25, 0.3) is 0 Å². The number of Topliss-reactive ketones (excluding diaryl/α,β-unsaturated/α-hetero) is 1. The number of ketones is 1. The van der Waals surface area contributed by atoms with Crippen LogP contribution >= 0.6 is 11.6 Å². The minimum Gasteiger partial charge on any atom is -0.326 e. The van der Waals surface area contributed by atoms with Crippen molar-refractivity contribution in [1.29, 1.82) is 0 Å². The van der Waals surface area contributed by atoms with Gasteiger partial charge in [-0.1, -0.05) is 32.0 Å². The first-order valence-corrected chi connectivity index (χ1v) is 6.16. The van der Waals surface area contributed by atoms with E-state index in [-0.39, 0.29) is 18.1 Å². The van der Waals surface area contributed by atoms with Gasteiger partial charge in [-0.05, 0) is 19.1 Å². The fraction of sp³-hybridized carbons (Fsp3) is 0.385. The van der Waals surface area contributed by atoms with E-state index in [1.807, 2.05) is 32.0 Å². The number of rotatable bonds is 3. The third-order valence-corrected chi connectivity index (χ3v) is 1.47. The molecule has 0 radical (unpaired) electrons. The summed E-state index contributed by atoms with van der Waals surface area (Å²) in [5.41, 5.74) is 0.716. The van der Waals surface area contributed by atoms with Crippen molar-refractivity contribution >= 4 is 29.0 Å². The van der Waals surface area contributed by atoms with Crippen LogP contribution in [0.1, 0.15) is 27.2 Å². The summed E-state index contributed by atoms with van der Waals surface area (Å²) in [5.74, 6) is -0.396. The Morgan fingerprint density at radius 3 is 2.00 bits per heavy atom. The summed E-state index contributed by atoms with van der Waals surface area (Å²) in [4.78, 5) is 21.7. The van der Waals surface area contributed by atoms with Crippen molar-refractivity contribution in [3.8, 4) is 0 Å². The second-order valence-electron chi connectivity index (χ2n) is 2.79. The molecule has 0 unspecified atom stereocenters. The molecule has 0 saturated heterocycles. The highest BCUT2D eigenvalue weighted by atomic mass is 35.5. The molecule has 1 N–H and O–H groups in total. The number of halogens is 1. The number of anilines is 1. The predicted octanol–water partition coefficient (Wildman–Crippen LogP) is 3.49. The molecule has 17 heavy (non-hydrogen) atoms. The summed E-state index contributed by atoms with van der Waals surface area (Å²) in [6.07, 6.45) is 1.41. The average Bonchev–Trinajstić information content (AvgIpc) is 2.34. The molecule has 0 aromatic heterocycles. The van der Waals surface area contributed by atoms with Gasteiger partial charge in [-0.3, -0.25) is 9.59 Å². The van der Waals surface area contributed by atoms with Gasteiger partial charge in [0.1, 0.15) is 5.78 Å². The Bertz CT molecular complexity index is 312. The number of carbonyl (C=O) groups excluding carboxylic acids is 2. The van der Waals surface area contributed by atoms with Crippen molar-refractivity contribution in [2.24, 2.45) is 0 Å². The van der Waals surface area contributed by atoms with Gasteiger partial charge < -0.3 is 5.32 Å². The number of alkyl halides is 1. The number of benzene rings is 1. The number of amides is 1. The SMILES string of the molecule is CC.CC(=O)CC(=O)Nc1ccccc1.CCl. The van der Waals surface area contributed by atoms with Crippen LogP contribution < -0.4 is 5.32 Å². The zero-order valence-electron chi connectivity index (χ0n) is 10.8. The third-order valence-electron chi connectivity index (χ3n) is 1.47. The molecule has 4 heteroatoms. The van der Waals surface area contributed by atoms with E-state index in [9.17, 15) is 9.59 Å². The van der Waals surface area contributed by atoms with E-state index >= 15 is 0 Å². The molecule has 0 fully saturated rings. The van der Waals surface area contributed by atoms with Gasteiger partial charge in [-0.15, -0.1) is 11.6 Å². The minimum atomic E-state index is -0.265. The average molecular weight is 258 g/mol. The molecule has 0 atom stereocenters. The lowest BCUT2D eigenvalue weighted by molar-refractivity contribution is -0.124. The molecule has 3 nitrogen and oxygen atoms in total. The highest BCUT2D eigenvalue weighted by molar-refractivity contribution is 6.15. The molecule has 0 heterocycles. The van der Waals surface area contributed by atoms with Crippen molar-refractivity contribution in [2.75, 3.05) is 11.7 Å². The van der Waals surface area contributed by atoms with Crippen molar-refractivity contribution in [1.82, 2.24) is 0 Å². The van der Waals surface area contributed by atoms with Crippen LogP contribution in [0.2, 0.25) is 0 Å². The van der Waals surface area contributed by atoms with Gasteiger partial charge in [0.05, 0.1) is 6.42 Å². The van der Waals surface area contributed by atoms with Crippen molar-refractivity contribution in [2.45, 2.75) is 27.2 Å². The van der Waals surface area contributed by atoms with Gasteiger partial charge in [-0.25, -0.2) is 0 Å². The molecule has 0 aliphatic heterocycles. The molecular formula is C13H20ClNO2. The quantitative estimate of drug-likeness (QED) is 0.666. The van der Waals surface area contributed by atoms with E-state index in [4.69, 9.17) is 0 Å². The van der Waals surface area contributed by atoms with E-state index in [0.29, 0.717) is 5.69 Å². The van der Waals surface area contributed by atoms with Crippen LogP contribution in [0.3, 0.4) is 0 Å². The molecule has 1 aromatic carbocycles. The molecule has 0 spiro atoms. The lowest BCUT2D eigenvalue weighted by Crippen LogP contribution is -2.14. The molecule has 1 amide bonds. The van der Waals surface area contributed by atoms with E-state index in [2.05, 4.69) is 16.9 Å². The Morgan fingerprint density at radius 1 is 1.12 bits per heavy atom. The second kappa shape index (κ2) is 12.7. The van der Waals surface area contributed by atoms with Gasteiger partial charge in [0.15, 0.2) is 0 Å². The Kier molecular flexibility index (Phi) is 13.5. The Hall–Kier alpha value is -1.35. The molecule has 1 rings (SSSR count). The van der Waals surface area contributed by atoms with Crippen LogP contribution in [0, 0.1) is 0 Å². The Balaban J connectivity index is 0. The maximum Gasteiger partial charge on any atom is 0.231 e. The maximum atomic E-state index is 11.1. The maximum absolute atomic E-state index is 11.1. The van der Waals surface area contributed by atoms with E-state index in [0.717, 1.165) is 0 Å². The van der Waals surface area contributed by atoms with Crippen molar-refractivity contribution in [3.05, 3.63) is 30.3 Å². The first-order chi connectivity index (χ1) is 8.18. The normalized spacial score (nSPS) is 7.82. The number of para-hydroxylation sites is 1. The lowest BCUT2D eigenvalue weighted by Gasteiger charge is -2.01. The molecule has 0 bridgehead atoms. The molecule has 96 valence electrons. The van der Waals surface area contributed by atoms with Crippen LogP contribution in [0.15, 0.2) is 30.3 Å². The number of hydrogen-bond acceptors (Lipinski definition) is 2. The van der Waals surface area contributed by atoms with Crippen molar-refractivity contribution < 1.29 is 9.59 Å². The first kappa shape index (κ1) is 18.0. The van der Waals surface area contributed by atoms with Crippen LogP contribution in [0.4, 0.5) is 5.69 Å². The fourth-order valence-electron chi connectivity index (χ4n) is 0.953.